The number of hydrogen-bond donors (Lipinski definition) is 1. The van der Waals surface area contributed by atoms with Gasteiger partial charge in [-0.15, -0.1) is 0 Å². The van der Waals surface area contributed by atoms with E-state index in [0.29, 0.717) is 30.6 Å². The molecule has 1 aromatic heterocycles. The number of carboxylic acid groups (broad SMARTS) is 1. The number of nitro benzene ring substituents is 1. The Morgan fingerprint density at radius 1 is 1.29 bits per heavy atom. The molecule has 0 bridgehead atoms. The fourth-order valence-corrected chi connectivity index (χ4v) is 4.94. The van der Waals surface area contributed by atoms with Crippen LogP contribution >= 0.6 is 11.6 Å². The summed E-state index contributed by atoms with van der Waals surface area (Å²) >= 11 is 6.68. The third-order valence-electron chi connectivity index (χ3n) is 6.39. The van der Waals surface area contributed by atoms with E-state index in [-0.39, 0.29) is 33.9 Å². The van der Waals surface area contributed by atoms with Gasteiger partial charge in [0, 0.05) is 37.6 Å². The zero-order valence-electron chi connectivity index (χ0n) is 18.4. The summed E-state index contributed by atoms with van der Waals surface area (Å²) < 4.78 is 17.0. The number of carbonyl (C=O) groups is 1. The molecule has 1 N–H and O–H groups in total. The number of halogens is 2. The zero-order chi connectivity index (χ0) is 24.9. The molecule has 1 aliphatic carbocycles. The third-order valence-corrected chi connectivity index (χ3v) is 6.75. The molecule has 180 valence electrons. The number of nitro groups is 1. The zero-order valence-corrected chi connectivity index (χ0v) is 19.1. The van der Waals surface area contributed by atoms with Gasteiger partial charge in [-0.25, -0.2) is 9.18 Å². The molecule has 0 amide bonds. The second-order valence-electron chi connectivity index (χ2n) is 8.72. The van der Waals surface area contributed by atoms with Crippen molar-refractivity contribution in [1.29, 1.82) is 0 Å². The highest BCUT2D eigenvalue weighted by atomic mass is 35.5. The van der Waals surface area contributed by atoms with Crippen LogP contribution in [-0.2, 0) is 0 Å². The van der Waals surface area contributed by atoms with E-state index < -0.39 is 27.7 Å². The number of aromatic nitrogens is 1. The second kappa shape index (κ2) is 8.77. The first-order valence-corrected chi connectivity index (χ1v) is 11.5. The normalized spacial score (nSPS) is 18.0. The van der Waals surface area contributed by atoms with E-state index in [0.717, 1.165) is 18.9 Å². The van der Waals surface area contributed by atoms with Crippen LogP contribution < -0.4 is 10.3 Å². The van der Waals surface area contributed by atoms with Crippen LogP contribution in [0.15, 0.2) is 46.3 Å². The number of rotatable bonds is 6. The van der Waals surface area contributed by atoms with Crippen molar-refractivity contribution in [3.05, 3.63) is 78.8 Å². The number of nitrogens with zero attached hydrogens (tertiary/aromatic N) is 4. The molecule has 2 aliphatic rings. The molecule has 1 unspecified atom stereocenters. The largest absolute Gasteiger partial charge is 0.477 e. The van der Waals surface area contributed by atoms with Gasteiger partial charge >= 0.3 is 5.97 Å². The summed E-state index contributed by atoms with van der Waals surface area (Å²) in [7, 11) is 0. The Balaban J connectivity index is 1.50. The van der Waals surface area contributed by atoms with Crippen LogP contribution in [0.1, 0.15) is 41.2 Å². The standard InChI is InChI=1S/C24H20ClFN4O5/c25-20-21-16(23(31)17(24(32)33)12-29(21)15-5-6-15)9-18(26)22(20)28-8-7-14(11-28)27-10-13-3-1-2-4-19(13)30(34)35/h1-4,9-10,12,14-15H,5-8,11H2,(H,32,33)/b27-10+. The number of carboxylic acids is 1. The third kappa shape index (κ3) is 4.14. The Morgan fingerprint density at radius 2 is 2.03 bits per heavy atom. The molecule has 9 nitrogen and oxygen atoms in total. The van der Waals surface area contributed by atoms with E-state index in [1.165, 1.54) is 18.5 Å². The maximum absolute atomic E-state index is 15.3. The minimum Gasteiger partial charge on any atom is -0.477 e. The lowest BCUT2D eigenvalue weighted by Gasteiger charge is -2.23. The Labute approximate surface area is 203 Å². The molecule has 2 heterocycles. The van der Waals surface area contributed by atoms with Gasteiger partial charge in [0.15, 0.2) is 0 Å². The van der Waals surface area contributed by atoms with Gasteiger partial charge in [0.25, 0.3) is 5.69 Å². The van der Waals surface area contributed by atoms with Gasteiger partial charge < -0.3 is 14.6 Å². The van der Waals surface area contributed by atoms with Gasteiger partial charge in [-0.3, -0.25) is 19.9 Å². The van der Waals surface area contributed by atoms with Gasteiger partial charge in [0.1, 0.15) is 11.4 Å². The average molecular weight is 499 g/mol. The Hall–Kier alpha value is -3.79. The van der Waals surface area contributed by atoms with E-state index in [9.17, 15) is 24.8 Å². The van der Waals surface area contributed by atoms with Crippen LogP contribution in [0, 0.1) is 15.9 Å². The number of aromatic carboxylic acids is 1. The van der Waals surface area contributed by atoms with Crippen molar-refractivity contribution >= 4 is 46.1 Å². The smallest absolute Gasteiger partial charge is 0.341 e. The predicted octanol–water partition coefficient (Wildman–Crippen LogP) is 4.43. The topological polar surface area (TPSA) is 118 Å². The summed E-state index contributed by atoms with van der Waals surface area (Å²) in [5.41, 5.74) is -0.391. The number of benzene rings is 2. The molecule has 0 radical (unpaired) electrons. The maximum atomic E-state index is 15.3. The van der Waals surface area contributed by atoms with E-state index in [2.05, 4.69) is 4.99 Å². The number of anilines is 1. The van der Waals surface area contributed by atoms with Crippen LogP contribution in [0.4, 0.5) is 15.8 Å². The molecule has 1 aliphatic heterocycles. The first-order valence-electron chi connectivity index (χ1n) is 11.1. The minimum atomic E-state index is -1.37. The van der Waals surface area contributed by atoms with Crippen molar-refractivity contribution in [2.75, 3.05) is 18.0 Å². The number of fused-ring (bicyclic) bond motifs is 1. The van der Waals surface area contributed by atoms with Crippen molar-refractivity contribution in [1.82, 2.24) is 4.57 Å². The van der Waals surface area contributed by atoms with E-state index in [4.69, 9.17) is 11.6 Å². The monoisotopic (exact) mass is 498 g/mol. The fraction of sp³-hybridized carbons (Fsp3) is 0.292. The lowest BCUT2D eigenvalue weighted by molar-refractivity contribution is -0.385. The Bertz CT molecular complexity index is 1470. The highest BCUT2D eigenvalue weighted by Gasteiger charge is 2.32. The van der Waals surface area contributed by atoms with Crippen molar-refractivity contribution in [3.63, 3.8) is 0 Å². The molecule has 0 spiro atoms. The molecular formula is C24H20ClFN4O5. The Kier molecular flexibility index (Phi) is 5.76. The van der Waals surface area contributed by atoms with E-state index in [1.807, 2.05) is 0 Å². The van der Waals surface area contributed by atoms with Crippen LogP contribution in [-0.4, -0.2) is 45.9 Å². The summed E-state index contributed by atoms with van der Waals surface area (Å²) in [6.45, 7) is 0.780. The van der Waals surface area contributed by atoms with Gasteiger partial charge in [0.05, 0.1) is 38.1 Å². The summed E-state index contributed by atoms with van der Waals surface area (Å²) in [6, 6.07) is 7.12. The lowest BCUT2D eigenvalue weighted by atomic mass is 10.1. The summed E-state index contributed by atoms with van der Waals surface area (Å²) in [5.74, 6) is -2.08. The number of para-hydroxylation sites is 1. The molecular weight excluding hydrogens is 479 g/mol. The number of aliphatic imine (C=N–C) groups is 1. The van der Waals surface area contributed by atoms with Crippen molar-refractivity contribution in [3.8, 4) is 0 Å². The molecule has 1 atom stereocenters. The predicted molar refractivity (Wildman–Crippen MR) is 130 cm³/mol. The second-order valence-corrected chi connectivity index (χ2v) is 9.09. The van der Waals surface area contributed by atoms with Crippen molar-refractivity contribution in [2.24, 2.45) is 4.99 Å². The molecule has 1 saturated heterocycles. The van der Waals surface area contributed by atoms with Crippen LogP contribution in [0.25, 0.3) is 10.9 Å². The fourth-order valence-electron chi connectivity index (χ4n) is 4.53. The van der Waals surface area contributed by atoms with E-state index >= 15 is 4.39 Å². The van der Waals surface area contributed by atoms with Crippen molar-refractivity contribution in [2.45, 2.75) is 31.3 Å². The molecule has 35 heavy (non-hydrogen) atoms. The first-order chi connectivity index (χ1) is 16.8. The van der Waals surface area contributed by atoms with Crippen LogP contribution in [0.5, 0.6) is 0 Å². The molecule has 5 rings (SSSR count). The lowest BCUT2D eigenvalue weighted by Crippen LogP contribution is -2.24. The first kappa shape index (κ1) is 23.0. The minimum absolute atomic E-state index is 0.00426. The van der Waals surface area contributed by atoms with E-state index in [1.54, 1.807) is 27.7 Å². The summed E-state index contributed by atoms with van der Waals surface area (Å²) in [5, 5.41) is 20.6. The van der Waals surface area contributed by atoms with Gasteiger partial charge in [-0.05, 0) is 31.4 Å². The summed E-state index contributed by atoms with van der Waals surface area (Å²) in [6.07, 6.45) is 4.96. The molecule has 1 saturated carbocycles. The number of pyridine rings is 1. The SMILES string of the molecule is O=C(O)c1cn(C2CC2)c2c(Cl)c(N3CCC(/N=C/c4ccccc4[N+](=O)[O-])C3)c(F)cc2c1=O. The maximum Gasteiger partial charge on any atom is 0.341 e. The molecule has 11 heteroatoms. The van der Waals surface area contributed by atoms with Gasteiger partial charge in [0.2, 0.25) is 5.43 Å². The van der Waals surface area contributed by atoms with Crippen LogP contribution in [0.2, 0.25) is 5.02 Å². The molecule has 2 fully saturated rings. The summed E-state index contributed by atoms with van der Waals surface area (Å²) in [4.78, 5) is 41.3. The highest BCUT2D eigenvalue weighted by molar-refractivity contribution is 6.38. The van der Waals surface area contributed by atoms with Gasteiger partial charge in [-0.2, -0.15) is 0 Å². The number of hydrogen-bond acceptors (Lipinski definition) is 6. The Morgan fingerprint density at radius 3 is 2.71 bits per heavy atom. The van der Waals surface area contributed by atoms with Gasteiger partial charge in [-0.1, -0.05) is 23.7 Å². The average Bonchev–Trinajstić information content (AvgIpc) is 3.56. The van der Waals surface area contributed by atoms with Crippen LogP contribution in [0.3, 0.4) is 0 Å². The molecule has 2 aromatic carbocycles. The van der Waals surface area contributed by atoms with Crippen molar-refractivity contribution < 1.29 is 19.2 Å². The quantitative estimate of drug-likeness (QED) is 0.305. The molecule has 3 aromatic rings. The highest BCUT2D eigenvalue weighted by Crippen LogP contribution is 2.42.